The lowest BCUT2D eigenvalue weighted by atomic mass is 9.85. The number of nitro benzene ring substituents is 1. The number of carbonyl (C=O) groups excluding carboxylic acids is 3. The van der Waals surface area contributed by atoms with Crippen molar-refractivity contribution in [2.75, 3.05) is 0 Å². The first kappa shape index (κ1) is 20.9. The Morgan fingerprint density at radius 3 is 2.06 bits per heavy atom. The SMILES string of the molecule is O=C(c1ccc([N+](=O)[O-])cc1)N(Cc1ccc(Br)cc1)N1C(=O)[C@@H]2CC=CC[C@H]2C1=O. The van der Waals surface area contributed by atoms with Crippen molar-refractivity contribution in [2.24, 2.45) is 11.8 Å². The Kier molecular flexibility index (Phi) is 5.69. The summed E-state index contributed by atoms with van der Waals surface area (Å²) < 4.78 is 0.856. The van der Waals surface area contributed by atoms with E-state index in [0.29, 0.717) is 12.8 Å². The van der Waals surface area contributed by atoms with E-state index in [-0.39, 0.29) is 17.8 Å². The van der Waals surface area contributed by atoms with E-state index in [9.17, 15) is 24.5 Å². The third-order valence-corrected chi connectivity index (χ3v) is 6.06. The molecule has 158 valence electrons. The van der Waals surface area contributed by atoms with E-state index in [1.807, 2.05) is 12.2 Å². The number of fused-ring (bicyclic) bond motifs is 1. The van der Waals surface area contributed by atoms with Crippen molar-refractivity contribution < 1.29 is 19.3 Å². The molecule has 0 bridgehead atoms. The highest BCUT2D eigenvalue weighted by Gasteiger charge is 2.50. The van der Waals surface area contributed by atoms with Gasteiger partial charge >= 0.3 is 0 Å². The minimum Gasteiger partial charge on any atom is -0.272 e. The second kappa shape index (κ2) is 8.43. The van der Waals surface area contributed by atoms with Gasteiger partial charge in [-0.1, -0.05) is 40.2 Å². The molecule has 2 aromatic carbocycles. The van der Waals surface area contributed by atoms with Gasteiger partial charge in [0.15, 0.2) is 0 Å². The minimum absolute atomic E-state index is 0.00739. The van der Waals surface area contributed by atoms with E-state index in [1.54, 1.807) is 24.3 Å². The summed E-state index contributed by atoms with van der Waals surface area (Å²) in [6, 6.07) is 12.3. The molecule has 8 nitrogen and oxygen atoms in total. The van der Waals surface area contributed by atoms with E-state index >= 15 is 0 Å². The highest BCUT2D eigenvalue weighted by Crippen LogP contribution is 2.36. The molecule has 0 N–H and O–H groups in total. The average Bonchev–Trinajstić information content (AvgIpc) is 3.03. The molecule has 2 aromatic rings. The van der Waals surface area contributed by atoms with Gasteiger partial charge in [-0.2, -0.15) is 5.01 Å². The largest absolute Gasteiger partial charge is 0.273 e. The maximum absolute atomic E-state index is 13.4. The number of allylic oxidation sites excluding steroid dienone is 2. The van der Waals surface area contributed by atoms with Crippen LogP contribution in [0.1, 0.15) is 28.8 Å². The quantitative estimate of drug-likeness (QED) is 0.278. The first-order valence-electron chi connectivity index (χ1n) is 9.70. The summed E-state index contributed by atoms with van der Waals surface area (Å²) in [5, 5.41) is 13.0. The molecule has 1 aliphatic carbocycles. The zero-order chi connectivity index (χ0) is 22.1. The molecule has 1 aliphatic heterocycles. The topological polar surface area (TPSA) is 101 Å². The van der Waals surface area contributed by atoms with E-state index in [1.165, 1.54) is 24.3 Å². The lowest BCUT2D eigenvalue weighted by Gasteiger charge is -2.30. The van der Waals surface area contributed by atoms with Gasteiger partial charge in [-0.25, -0.2) is 5.01 Å². The highest BCUT2D eigenvalue weighted by molar-refractivity contribution is 9.10. The lowest BCUT2D eigenvalue weighted by molar-refractivity contribution is -0.384. The van der Waals surface area contributed by atoms with Crippen molar-refractivity contribution in [2.45, 2.75) is 19.4 Å². The number of hydrogen-bond acceptors (Lipinski definition) is 5. The fraction of sp³-hybridized carbons (Fsp3) is 0.227. The maximum atomic E-state index is 13.4. The Morgan fingerprint density at radius 1 is 1.00 bits per heavy atom. The summed E-state index contributed by atoms with van der Waals surface area (Å²) in [7, 11) is 0. The van der Waals surface area contributed by atoms with Crippen molar-refractivity contribution in [1.82, 2.24) is 10.0 Å². The monoisotopic (exact) mass is 483 g/mol. The molecule has 2 atom stereocenters. The number of benzene rings is 2. The van der Waals surface area contributed by atoms with Gasteiger partial charge in [0.1, 0.15) is 0 Å². The van der Waals surface area contributed by atoms with Gasteiger partial charge < -0.3 is 0 Å². The molecule has 2 aliphatic rings. The Bertz CT molecular complexity index is 1060. The van der Waals surface area contributed by atoms with E-state index in [2.05, 4.69) is 15.9 Å². The number of nitrogens with zero attached hydrogens (tertiary/aromatic N) is 3. The summed E-state index contributed by atoms with van der Waals surface area (Å²) in [6.07, 6.45) is 4.69. The van der Waals surface area contributed by atoms with E-state index < -0.39 is 34.5 Å². The number of amides is 3. The van der Waals surface area contributed by atoms with Gasteiger partial charge in [-0.05, 0) is 42.7 Å². The van der Waals surface area contributed by atoms with Gasteiger partial charge in [0.25, 0.3) is 23.4 Å². The van der Waals surface area contributed by atoms with Crippen molar-refractivity contribution >= 4 is 39.3 Å². The second-order valence-electron chi connectivity index (χ2n) is 7.44. The maximum Gasteiger partial charge on any atom is 0.273 e. The van der Waals surface area contributed by atoms with Gasteiger partial charge in [0, 0.05) is 22.2 Å². The Balaban J connectivity index is 1.69. The number of nitro groups is 1. The van der Waals surface area contributed by atoms with Crippen LogP contribution in [-0.2, 0) is 16.1 Å². The predicted molar refractivity (Wildman–Crippen MR) is 114 cm³/mol. The van der Waals surface area contributed by atoms with Gasteiger partial charge in [0.05, 0.1) is 23.3 Å². The predicted octanol–water partition coefficient (Wildman–Crippen LogP) is 3.87. The number of carbonyl (C=O) groups is 3. The van der Waals surface area contributed by atoms with Gasteiger partial charge in [-0.15, -0.1) is 0 Å². The zero-order valence-electron chi connectivity index (χ0n) is 16.3. The summed E-state index contributed by atoms with van der Waals surface area (Å²) >= 11 is 3.36. The van der Waals surface area contributed by atoms with Crippen molar-refractivity contribution in [3.63, 3.8) is 0 Å². The molecule has 9 heteroatoms. The molecule has 0 radical (unpaired) electrons. The molecule has 1 saturated heterocycles. The van der Waals surface area contributed by atoms with Crippen LogP contribution in [0.3, 0.4) is 0 Å². The van der Waals surface area contributed by atoms with Crippen LogP contribution in [0.25, 0.3) is 0 Å². The number of imide groups is 1. The summed E-state index contributed by atoms with van der Waals surface area (Å²) in [6.45, 7) is 0.00739. The average molecular weight is 484 g/mol. The molecule has 1 fully saturated rings. The van der Waals surface area contributed by atoms with E-state index in [0.717, 1.165) is 20.1 Å². The Hall–Kier alpha value is -3.33. The molecule has 1 heterocycles. The third-order valence-electron chi connectivity index (χ3n) is 5.53. The minimum atomic E-state index is -0.578. The van der Waals surface area contributed by atoms with Crippen LogP contribution in [0.5, 0.6) is 0 Å². The lowest BCUT2D eigenvalue weighted by Crippen LogP contribution is -2.49. The Labute approximate surface area is 186 Å². The van der Waals surface area contributed by atoms with E-state index in [4.69, 9.17) is 0 Å². The van der Waals surface area contributed by atoms with Crippen LogP contribution in [0.15, 0.2) is 65.2 Å². The summed E-state index contributed by atoms with van der Waals surface area (Å²) in [5.74, 6) is -2.33. The molecule has 4 rings (SSSR count). The standard InChI is InChI=1S/C22H18BrN3O5/c23-16-9-5-14(6-10-16)13-24(20(27)15-7-11-17(12-8-15)26(30)31)25-21(28)18-3-1-2-4-19(18)22(25)29/h1-2,5-12,18-19H,3-4,13H2/t18-,19-/m1/s1. The van der Waals surface area contributed by atoms with Gasteiger partial charge in [-0.3, -0.25) is 24.5 Å². The molecule has 3 amide bonds. The highest BCUT2D eigenvalue weighted by atomic mass is 79.9. The first-order chi connectivity index (χ1) is 14.9. The van der Waals surface area contributed by atoms with Crippen LogP contribution in [0.2, 0.25) is 0 Å². The van der Waals surface area contributed by atoms with Crippen molar-refractivity contribution in [3.05, 3.63) is 86.4 Å². The van der Waals surface area contributed by atoms with Crippen molar-refractivity contribution in [3.8, 4) is 0 Å². The zero-order valence-corrected chi connectivity index (χ0v) is 17.9. The molecule has 31 heavy (non-hydrogen) atoms. The molecular formula is C22H18BrN3O5. The van der Waals surface area contributed by atoms with Crippen LogP contribution < -0.4 is 0 Å². The van der Waals surface area contributed by atoms with Gasteiger partial charge in [0.2, 0.25) is 0 Å². The van der Waals surface area contributed by atoms with Crippen LogP contribution in [0.4, 0.5) is 5.69 Å². The molecule has 0 unspecified atom stereocenters. The van der Waals surface area contributed by atoms with Crippen LogP contribution in [0, 0.1) is 22.0 Å². The number of hydrogen-bond donors (Lipinski definition) is 0. The van der Waals surface area contributed by atoms with Crippen molar-refractivity contribution in [1.29, 1.82) is 0 Å². The fourth-order valence-corrected chi connectivity index (χ4v) is 4.16. The normalized spacial score (nSPS) is 20.0. The molecule has 0 aromatic heterocycles. The van der Waals surface area contributed by atoms with Crippen LogP contribution >= 0.6 is 15.9 Å². The molecular weight excluding hydrogens is 466 g/mol. The molecule has 0 saturated carbocycles. The summed E-state index contributed by atoms with van der Waals surface area (Å²) in [5.41, 5.74) is 0.727. The smallest absolute Gasteiger partial charge is 0.272 e. The Morgan fingerprint density at radius 2 is 1.55 bits per heavy atom. The fourth-order valence-electron chi connectivity index (χ4n) is 3.89. The third kappa shape index (κ3) is 4.00. The number of hydrazine groups is 1. The summed E-state index contributed by atoms with van der Waals surface area (Å²) in [4.78, 5) is 49.9. The number of non-ortho nitro benzene ring substituents is 1. The number of rotatable bonds is 5. The second-order valence-corrected chi connectivity index (χ2v) is 8.35. The molecule has 0 spiro atoms. The van der Waals surface area contributed by atoms with Crippen LogP contribution in [-0.4, -0.2) is 32.7 Å². The first-order valence-corrected chi connectivity index (χ1v) is 10.5. The number of halogens is 1.